The second-order valence-corrected chi connectivity index (χ2v) is 8.27. The van der Waals surface area contributed by atoms with Gasteiger partial charge in [0.25, 0.3) is 5.91 Å². The number of nitrogens with zero attached hydrogens (tertiary/aromatic N) is 1. The van der Waals surface area contributed by atoms with Crippen LogP contribution in [-0.4, -0.2) is 55.5 Å². The Morgan fingerprint density at radius 2 is 1.96 bits per heavy atom. The number of quaternary nitrogens is 1. The molecule has 2 N–H and O–H groups in total. The maximum absolute atomic E-state index is 12.6. The molecule has 2 saturated heterocycles. The highest BCUT2D eigenvalue weighted by atomic mass is 32.1. The van der Waals surface area contributed by atoms with Crippen molar-refractivity contribution in [2.45, 2.75) is 45.1 Å². The number of carbonyl (C=O) groups is 2. The van der Waals surface area contributed by atoms with E-state index >= 15 is 0 Å². The summed E-state index contributed by atoms with van der Waals surface area (Å²) in [5.41, 5.74) is 0. The average molecular weight is 365 g/mol. The van der Waals surface area contributed by atoms with E-state index in [0.717, 1.165) is 30.6 Å². The molecule has 25 heavy (non-hydrogen) atoms. The Morgan fingerprint density at radius 3 is 2.56 bits per heavy atom. The Kier molecular flexibility index (Phi) is 6.48. The predicted octanol–water partition coefficient (Wildman–Crippen LogP) is 1.17. The molecule has 1 aromatic rings. The zero-order valence-electron chi connectivity index (χ0n) is 15.1. The Labute approximate surface area is 154 Å². The number of piperidine rings is 2. The van der Waals surface area contributed by atoms with E-state index < -0.39 is 0 Å². The van der Waals surface area contributed by atoms with Gasteiger partial charge in [-0.3, -0.25) is 9.59 Å². The van der Waals surface area contributed by atoms with E-state index in [4.69, 9.17) is 0 Å². The second-order valence-electron chi connectivity index (χ2n) is 7.33. The van der Waals surface area contributed by atoms with Crippen LogP contribution in [0.25, 0.3) is 0 Å². The first-order chi connectivity index (χ1) is 12.2. The summed E-state index contributed by atoms with van der Waals surface area (Å²) in [4.78, 5) is 29.3. The van der Waals surface area contributed by atoms with Crippen molar-refractivity contribution in [2.24, 2.45) is 5.92 Å². The number of hydrogen-bond donors (Lipinski definition) is 2. The fourth-order valence-electron chi connectivity index (χ4n) is 3.99. The third-order valence-electron chi connectivity index (χ3n) is 5.53. The molecule has 0 unspecified atom stereocenters. The zero-order valence-corrected chi connectivity index (χ0v) is 15.9. The second kappa shape index (κ2) is 8.81. The summed E-state index contributed by atoms with van der Waals surface area (Å²) in [6, 6.07) is 4.13. The standard InChI is InChI=1S/C19H29N3O2S/c1-2-9-21-10-7-16(8-11-21)20-18(23)15-5-12-22(13-6-15)19(24)17-4-3-14-25-17/h3-4,14-16H,2,5-13H2,1H3,(H,20,23)/p+1. The molecule has 3 rings (SSSR count). The molecular formula is C19H30N3O2S+. The van der Waals surface area contributed by atoms with Gasteiger partial charge in [0.2, 0.25) is 5.91 Å². The minimum atomic E-state index is 0.0633. The van der Waals surface area contributed by atoms with E-state index in [9.17, 15) is 9.59 Å². The molecule has 2 aliphatic rings. The number of likely N-dealkylation sites (tertiary alicyclic amines) is 2. The highest BCUT2D eigenvalue weighted by Crippen LogP contribution is 2.21. The Morgan fingerprint density at radius 1 is 1.24 bits per heavy atom. The summed E-state index contributed by atoms with van der Waals surface area (Å²) < 4.78 is 0. The Bertz CT molecular complexity index is 559. The SMILES string of the molecule is CCC[NH+]1CCC(NC(=O)C2CCN(C(=O)c3cccs3)CC2)CC1. The van der Waals surface area contributed by atoms with Crippen LogP contribution in [0.5, 0.6) is 0 Å². The van der Waals surface area contributed by atoms with Gasteiger partial charge in [-0.25, -0.2) is 0 Å². The van der Waals surface area contributed by atoms with Crippen LogP contribution in [0.1, 0.15) is 48.7 Å². The fraction of sp³-hybridized carbons (Fsp3) is 0.684. The minimum Gasteiger partial charge on any atom is -0.353 e. The summed E-state index contributed by atoms with van der Waals surface area (Å²) in [7, 11) is 0. The normalized spacial score (nSPS) is 24.9. The van der Waals surface area contributed by atoms with E-state index in [1.807, 2.05) is 22.4 Å². The number of carbonyl (C=O) groups excluding carboxylic acids is 2. The summed E-state index contributed by atoms with van der Waals surface area (Å²) in [5.74, 6) is 0.376. The molecule has 2 aliphatic heterocycles. The van der Waals surface area contributed by atoms with Crippen molar-refractivity contribution < 1.29 is 14.5 Å². The molecule has 0 bridgehead atoms. The zero-order chi connectivity index (χ0) is 17.6. The number of thiophene rings is 1. The molecule has 0 saturated carbocycles. The highest BCUT2D eigenvalue weighted by molar-refractivity contribution is 7.12. The van der Waals surface area contributed by atoms with Gasteiger partial charge in [-0.1, -0.05) is 13.0 Å². The molecule has 3 heterocycles. The molecule has 0 aromatic carbocycles. The summed E-state index contributed by atoms with van der Waals surface area (Å²) >= 11 is 1.49. The van der Waals surface area contributed by atoms with Crippen LogP contribution in [0.3, 0.4) is 0 Å². The number of rotatable bonds is 5. The van der Waals surface area contributed by atoms with Gasteiger partial charge in [-0.15, -0.1) is 11.3 Å². The van der Waals surface area contributed by atoms with Crippen LogP contribution in [-0.2, 0) is 4.79 Å². The third-order valence-corrected chi connectivity index (χ3v) is 6.39. The van der Waals surface area contributed by atoms with Gasteiger partial charge in [-0.2, -0.15) is 0 Å². The summed E-state index contributed by atoms with van der Waals surface area (Å²) in [6.07, 6.45) is 4.98. The Hall–Kier alpha value is -1.40. The first-order valence-electron chi connectivity index (χ1n) is 9.64. The van der Waals surface area contributed by atoms with Gasteiger partial charge in [0.05, 0.1) is 24.5 Å². The highest BCUT2D eigenvalue weighted by Gasteiger charge is 2.30. The molecule has 1 aromatic heterocycles. The minimum absolute atomic E-state index is 0.0633. The molecule has 0 aliphatic carbocycles. The van der Waals surface area contributed by atoms with Gasteiger partial charge in [-0.05, 0) is 30.7 Å². The quantitative estimate of drug-likeness (QED) is 0.824. The van der Waals surface area contributed by atoms with Crippen molar-refractivity contribution in [1.29, 1.82) is 0 Å². The van der Waals surface area contributed by atoms with Gasteiger partial charge >= 0.3 is 0 Å². The van der Waals surface area contributed by atoms with Crippen molar-refractivity contribution in [3.8, 4) is 0 Å². The lowest BCUT2D eigenvalue weighted by Crippen LogP contribution is -3.13. The van der Waals surface area contributed by atoms with E-state index in [0.29, 0.717) is 19.1 Å². The van der Waals surface area contributed by atoms with E-state index in [1.54, 1.807) is 4.90 Å². The first-order valence-corrected chi connectivity index (χ1v) is 10.5. The molecule has 2 amide bonds. The molecule has 138 valence electrons. The summed E-state index contributed by atoms with van der Waals surface area (Å²) in [6.45, 7) is 7.20. The molecule has 6 heteroatoms. The molecule has 0 atom stereocenters. The third kappa shape index (κ3) is 4.82. The maximum atomic E-state index is 12.6. The predicted molar refractivity (Wildman–Crippen MR) is 100.0 cm³/mol. The van der Waals surface area contributed by atoms with Gasteiger partial charge in [0.1, 0.15) is 0 Å². The molecular weight excluding hydrogens is 334 g/mol. The molecule has 0 spiro atoms. The lowest BCUT2D eigenvalue weighted by Gasteiger charge is -2.33. The smallest absolute Gasteiger partial charge is 0.263 e. The Balaban J connectivity index is 1.41. The van der Waals surface area contributed by atoms with Crippen molar-refractivity contribution in [3.63, 3.8) is 0 Å². The molecule has 0 radical (unpaired) electrons. The van der Waals surface area contributed by atoms with Gasteiger partial charge in [0.15, 0.2) is 0 Å². The van der Waals surface area contributed by atoms with E-state index in [-0.39, 0.29) is 17.7 Å². The van der Waals surface area contributed by atoms with E-state index in [2.05, 4.69) is 12.2 Å². The van der Waals surface area contributed by atoms with Crippen molar-refractivity contribution >= 4 is 23.2 Å². The summed E-state index contributed by atoms with van der Waals surface area (Å²) in [5, 5.41) is 5.20. The maximum Gasteiger partial charge on any atom is 0.263 e. The van der Waals surface area contributed by atoms with Crippen molar-refractivity contribution in [3.05, 3.63) is 22.4 Å². The van der Waals surface area contributed by atoms with Crippen molar-refractivity contribution in [2.75, 3.05) is 32.7 Å². The lowest BCUT2D eigenvalue weighted by molar-refractivity contribution is -0.905. The van der Waals surface area contributed by atoms with Crippen molar-refractivity contribution in [1.82, 2.24) is 10.2 Å². The number of hydrogen-bond acceptors (Lipinski definition) is 3. The number of amides is 2. The molecule has 5 nitrogen and oxygen atoms in total. The van der Waals surface area contributed by atoms with Crippen LogP contribution in [0.2, 0.25) is 0 Å². The topological polar surface area (TPSA) is 53.9 Å². The van der Waals surface area contributed by atoms with E-state index in [1.165, 1.54) is 37.4 Å². The largest absolute Gasteiger partial charge is 0.353 e. The van der Waals surface area contributed by atoms with Crippen LogP contribution in [0, 0.1) is 5.92 Å². The molecule has 2 fully saturated rings. The van der Waals surface area contributed by atoms with Crippen LogP contribution < -0.4 is 10.2 Å². The lowest BCUT2D eigenvalue weighted by atomic mass is 9.94. The fourth-order valence-corrected chi connectivity index (χ4v) is 4.68. The first kappa shape index (κ1) is 18.4. The van der Waals surface area contributed by atoms with Gasteiger partial charge < -0.3 is 15.1 Å². The van der Waals surface area contributed by atoms with Crippen LogP contribution in [0.15, 0.2) is 17.5 Å². The van der Waals surface area contributed by atoms with Crippen LogP contribution in [0.4, 0.5) is 0 Å². The number of nitrogens with one attached hydrogen (secondary N) is 2. The monoisotopic (exact) mass is 364 g/mol. The van der Waals surface area contributed by atoms with Crippen LogP contribution >= 0.6 is 11.3 Å². The average Bonchev–Trinajstić information content (AvgIpc) is 3.18. The van der Waals surface area contributed by atoms with Gasteiger partial charge in [0, 0.05) is 37.9 Å².